The Morgan fingerprint density at radius 2 is 1.88 bits per heavy atom. The molecule has 5 rings (SSSR count). The molecule has 12 heteroatoms. The van der Waals surface area contributed by atoms with Gasteiger partial charge in [-0.25, -0.2) is 4.79 Å². The summed E-state index contributed by atoms with van der Waals surface area (Å²) in [4.78, 5) is 52.6. The molecule has 1 saturated heterocycles. The number of H-pyrrole nitrogens is 1. The van der Waals surface area contributed by atoms with Crippen molar-refractivity contribution in [2.75, 3.05) is 13.7 Å². The summed E-state index contributed by atoms with van der Waals surface area (Å²) >= 11 is 5.99. The predicted octanol–water partition coefficient (Wildman–Crippen LogP) is 2.89. The maximum Gasteiger partial charge on any atom is 0.330 e. The number of benzene rings is 2. The number of methoxy groups -OCH3 is 1. The van der Waals surface area contributed by atoms with Crippen molar-refractivity contribution in [2.45, 2.75) is 45.1 Å². The van der Waals surface area contributed by atoms with Crippen LogP contribution in [0.1, 0.15) is 39.8 Å². The first-order chi connectivity index (χ1) is 19.6. The van der Waals surface area contributed by atoms with E-state index in [4.69, 9.17) is 25.8 Å². The Bertz CT molecular complexity index is 1750. The molecule has 0 spiro atoms. The lowest BCUT2D eigenvalue weighted by Gasteiger charge is -2.16. The van der Waals surface area contributed by atoms with E-state index in [0.717, 1.165) is 0 Å². The second-order valence-corrected chi connectivity index (χ2v) is 10.3. The smallest absolute Gasteiger partial charge is 0.330 e. The van der Waals surface area contributed by atoms with Crippen LogP contribution in [0.3, 0.4) is 0 Å². The molecule has 214 valence electrons. The highest BCUT2D eigenvalue weighted by Crippen LogP contribution is 2.32. The number of aromatic amines is 1. The highest BCUT2D eigenvalue weighted by Gasteiger charge is 2.36. The quantitative estimate of drug-likeness (QED) is 0.317. The number of aryl methyl sites for hydroxylation is 1. The van der Waals surface area contributed by atoms with Gasteiger partial charge in [0.05, 0.1) is 25.2 Å². The topological polar surface area (TPSA) is 142 Å². The van der Waals surface area contributed by atoms with Crippen molar-refractivity contribution in [1.82, 2.24) is 14.1 Å². The number of esters is 1. The van der Waals surface area contributed by atoms with Crippen LogP contribution in [-0.2, 0) is 20.7 Å². The Hall–Kier alpha value is -4.19. The summed E-state index contributed by atoms with van der Waals surface area (Å²) in [6.45, 7) is 3.05. The maximum absolute atomic E-state index is 13.5. The number of nitrogens with one attached hydrogen (secondary N) is 1. The lowest BCUT2D eigenvalue weighted by molar-refractivity contribution is -0.149. The summed E-state index contributed by atoms with van der Waals surface area (Å²) in [7, 11) is 1.53. The van der Waals surface area contributed by atoms with E-state index in [-0.39, 0.29) is 25.4 Å². The lowest BCUT2D eigenvalue weighted by atomic mass is 10.1. The number of aliphatic hydroxyl groups excluding tert-OH is 1. The first kappa shape index (κ1) is 28.3. The normalized spacial score (nSPS) is 18.5. The van der Waals surface area contributed by atoms with Gasteiger partial charge in [0.25, 0.3) is 11.5 Å². The van der Waals surface area contributed by atoms with E-state index in [2.05, 4.69) is 4.98 Å². The van der Waals surface area contributed by atoms with E-state index in [1.165, 1.54) is 17.9 Å². The van der Waals surface area contributed by atoms with Crippen molar-refractivity contribution in [3.8, 4) is 5.75 Å². The Morgan fingerprint density at radius 3 is 2.59 bits per heavy atom. The number of halogens is 1. The van der Waals surface area contributed by atoms with Crippen LogP contribution in [0.4, 0.5) is 0 Å². The average Bonchev–Trinajstić information content (AvgIpc) is 3.45. The van der Waals surface area contributed by atoms with Gasteiger partial charge >= 0.3 is 11.7 Å². The van der Waals surface area contributed by atoms with Crippen molar-refractivity contribution < 1.29 is 28.9 Å². The summed E-state index contributed by atoms with van der Waals surface area (Å²) in [5.74, 6) is -0.315. The fraction of sp³-hybridized carbons (Fsp3) is 0.310. The third-order valence-corrected chi connectivity index (χ3v) is 7.48. The minimum absolute atomic E-state index is 0.0762. The molecule has 0 bridgehead atoms. The SMILES string of the molecule is COc1ccc2c(c1)c(CC(=O)OC[C@H]1O[C@@H](n3cc(C)c(=O)[nH]c3=O)CC1O)c(C)n2C(=O)c1ccc(Cl)cc1. The number of aliphatic hydroxyl groups is 1. The molecular formula is C29H28ClN3O8. The number of carbonyl (C=O) groups is 2. The molecule has 1 aliphatic rings. The molecule has 2 aromatic heterocycles. The van der Waals surface area contributed by atoms with Gasteiger partial charge in [-0.2, -0.15) is 0 Å². The Morgan fingerprint density at radius 1 is 1.15 bits per heavy atom. The minimum atomic E-state index is -1.00. The van der Waals surface area contributed by atoms with E-state index in [1.807, 2.05) is 0 Å². The zero-order valence-electron chi connectivity index (χ0n) is 22.5. The van der Waals surface area contributed by atoms with Crippen LogP contribution in [0.5, 0.6) is 5.75 Å². The molecule has 1 unspecified atom stereocenters. The second kappa shape index (κ2) is 11.4. The number of nitrogens with zero attached hydrogens (tertiary/aromatic N) is 2. The number of hydrogen-bond donors (Lipinski definition) is 2. The van der Waals surface area contributed by atoms with Crippen LogP contribution in [-0.4, -0.2) is 57.0 Å². The molecule has 1 fully saturated rings. The van der Waals surface area contributed by atoms with Crippen LogP contribution in [0, 0.1) is 13.8 Å². The minimum Gasteiger partial charge on any atom is -0.497 e. The standard InChI is InChI=1S/C29H28ClN3O8/c1-15-13-32(29(38)31-27(15)36)25-12-23(34)24(41-25)14-40-26(35)11-20-16(2)33(22-9-8-19(39-3)10-21(20)22)28(37)17-4-6-18(30)7-5-17/h4-10,13,23-25,34H,11-12,14H2,1-3H3,(H,31,36,38)/t23?,24-,25-/m1/s1. The molecule has 0 saturated carbocycles. The average molecular weight is 582 g/mol. The largest absolute Gasteiger partial charge is 0.497 e. The number of ether oxygens (including phenoxy) is 3. The first-order valence-corrected chi connectivity index (χ1v) is 13.2. The van der Waals surface area contributed by atoms with Crippen molar-refractivity contribution in [3.63, 3.8) is 0 Å². The third kappa shape index (κ3) is 5.56. The van der Waals surface area contributed by atoms with Gasteiger partial charge in [0.15, 0.2) is 0 Å². The summed E-state index contributed by atoms with van der Waals surface area (Å²) in [5, 5.41) is 11.7. The van der Waals surface area contributed by atoms with Gasteiger partial charge in [0.1, 0.15) is 24.7 Å². The van der Waals surface area contributed by atoms with Crippen molar-refractivity contribution in [2.24, 2.45) is 0 Å². The van der Waals surface area contributed by atoms with Crippen LogP contribution in [0.25, 0.3) is 10.9 Å². The molecule has 3 atom stereocenters. The van der Waals surface area contributed by atoms with Crippen LogP contribution in [0.2, 0.25) is 5.02 Å². The number of fused-ring (bicyclic) bond motifs is 1. The number of hydrogen-bond acceptors (Lipinski definition) is 8. The molecule has 41 heavy (non-hydrogen) atoms. The molecule has 0 radical (unpaired) electrons. The van der Waals surface area contributed by atoms with Crippen LogP contribution < -0.4 is 16.0 Å². The van der Waals surface area contributed by atoms with E-state index >= 15 is 0 Å². The first-order valence-electron chi connectivity index (χ1n) is 12.9. The van der Waals surface area contributed by atoms with Crippen molar-refractivity contribution >= 4 is 34.4 Å². The second-order valence-electron chi connectivity index (χ2n) is 9.87. The summed E-state index contributed by atoms with van der Waals surface area (Å²) < 4.78 is 19.4. The fourth-order valence-corrected chi connectivity index (χ4v) is 5.13. The van der Waals surface area contributed by atoms with Crippen LogP contribution >= 0.6 is 11.6 Å². The van der Waals surface area contributed by atoms with Crippen LogP contribution in [0.15, 0.2) is 58.3 Å². The van der Waals surface area contributed by atoms with Crippen molar-refractivity contribution in [3.05, 3.63) is 96.9 Å². The van der Waals surface area contributed by atoms with Gasteiger partial charge in [-0.3, -0.25) is 28.5 Å². The predicted molar refractivity (Wildman–Crippen MR) is 150 cm³/mol. The maximum atomic E-state index is 13.5. The Kier molecular flexibility index (Phi) is 7.85. The Balaban J connectivity index is 1.35. The van der Waals surface area contributed by atoms with E-state index in [9.17, 15) is 24.3 Å². The zero-order valence-corrected chi connectivity index (χ0v) is 23.3. The van der Waals surface area contributed by atoms with E-state index in [0.29, 0.717) is 44.1 Å². The monoisotopic (exact) mass is 581 g/mol. The lowest BCUT2D eigenvalue weighted by Crippen LogP contribution is -2.33. The fourth-order valence-electron chi connectivity index (χ4n) is 5.00. The zero-order chi connectivity index (χ0) is 29.4. The van der Waals surface area contributed by atoms with Gasteiger partial charge < -0.3 is 19.3 Å². The van der Waals surface area contributed by atoms with E-state index < -0.39 is 35.7 Å². The van der Waals surface area contributed by atoms with Gasteiger partial charge in [-0.05, 0) is 61.9 Å². The van der Waals surface area contributed by atoms with Crippen molar-refractivity contribution in [1.29, 1.82) is 0 Å². The number of carbonyl (C=O) groups excluding carboxylic acids is 2. The molecule has 11 nitrogen and oxygen atoms in total. The third-order valence-electron chi connectivity index (χ3n) is 7.23. The summed E-state index contributed by atoms with van der Waals surface area (Å²) in [6.07, 6.45) is -1.42. The van der Waals surface area contributed by atoms with E-state index in [1.54, 1.807) is 60.9 Å². The molecular weight excluding hydrogens is 554 g/mol. The molecule has 4 aromatic rings. The Labute approximate surface area is 238 Å². The number of aromatic nitrogens is 3. The molecule has 3 heterocycles. The molecule has 2 N–H and O–H groups in total. The summed E-state index contributed by atoms with van der Waals surface area (Å²) in [5.41, 5.74) is 1.34. The molecule has 0 amide bonds. The highest BCUT2D eigenvalue weighted by atomic mass is 35.5. The number of rotatable bonds is 7. The molecule has 2 aromatic carbocycles. The van der Waals surface area contributed by atoms with Gasteiger partial charge in [-0.15, -0.1) is 0 Å². The van der Waals surface area contributed by atoms with Gasteiger partial charge in [-0.1, -0.05) is 11.6 Å². The molecule has 1 aliphatic heterocycles. The molecule has 0 aliphatic carbocycles. The highest BCUT2D eigenvalue weighted by molar-refractivity contribution is 6.30. The van der Waals surface area contributed by atoms with Gasteiger partial charge in [0, 0.05) is 39.8 Å². The van der Waals surface area contributed by atoms with Gasteiger partial charge in [0.2, 0.25) is 0 Å². The summed E-state index contributed by atoms with van der Waals surface area (Å²) in [6, 6.07) is 11.8.